The molecule has 1 aromatic rings. The molecule has 0 spiro atoms. The highest BCUT2D eigenvalue weighted by Gasteiger charge is 2.27. The Morgan fingerprint density at radius 1 is 0.957 bits per heavy atom. The Morgan fingerprint density at radius 2 is 1.48 bits per heavy atom. The van der Waals surface area contributed by atoms with Gasteiger partial charge in [-0.1, -0.05) is 39.8 Å². The first-order valence-corrected chi connectivity index (χ1v) is 8.46. The van der Waals surface area contributed by atoms with Gasteiger partial charge in [0.15, 0.2) is 0 Å². The summed E-state index contributed by atoms with van der Waals surface area (Å²) in [5.41, 5.74) is 1.97. The van der Waals surface area contributed by atoms with Crippen molar-refractivity contribution in [2.45, 2.75) is 40.5 Å². The van der Waals surface area contributed by atoms with Crippen LogP contribution in [0.3, 0.4) is 0 Å². The smallest absolute Gasteiger partial charge is 0.253 e. The minimum Gasteiger partial charge on any atom is -0.339 e. The molecule has 1 aliphatic heterocycles. The molecule has 0 N–H and O–H groups in total. The summed E-state index contributed by atoms with van der Waals surface area (Å²) in [5, 5.41) is 0. The average Bonchev–Trinajstić information content (AvgIpc) is 2.53. The van der Waals surface area contributed by atoms with Crippen LogP contribution in [0, 0.1) is 5.41 Å². The lowest BCUT2D eigenvalue weighted by atomic mass is 9.91. The third-order valence-corrected chi connectivity index (χ3v) is 4.21. The molecule has 0 radical (unpaired) electrons. The van der Waals surface area contributed by atoms with Crippen LogP contribution in [0.4, 0.5) is 0 Å². The molecule has 4 nitrogen and oxygen atoms in total. The third-order valence-electron chi connectivity index (χ3n) is 4.21. The average molecular weight is 316 g/mol. The van der Waals surface area contributed by atoms with E-state index in [1.165, 1.54) is 5.56 Å². The van der Waals surface area contributed by atoms with Gasteiger partial charge in [0.05, 0.1) is 0 Å². The SMILES string of the molecule is CCc1ccc(C(=O)N2CCN(C(=O)CC(C)(C)C)CC2)cc1. The molecule has 0 unspecified atom stereocenters. The standard InChI is InChI=1S/C19H28N2O2/c1-5-15-6-8-16(9-7-15)18(23)21-12-10-20(11-13-21)17(22)14-19(2,3)4/h6-9H,5,10-14H2,1-4H3. The zero-order valence-corrected chi connectivity index (χ0v) is 14.8. The van der Waals surface area contributed by atoms with Crippen molar-refractivity contribution in [3.63, 3.8) is 0 Å². The van der Waals surface area contributed by atoms with Gasteiger partial charge in [-0.25, -0.2) is 0 Å². The van der Waals surface area contributed by atoms with E-state index >= 15 is 0 Å². The van der Waals surface area contributed by atoms with Gasteiger partial charge in [0.1, 0.15) is 0 Å². The van der Waals surface area contributed by atoms with Crippen LogP contribution in [0.2, 0.25) is 0 Å². The van der Waals surface area contributed by atoms with Crippen molar-refractivity contribution in [1.29, 1.82) is 0 Å². The van der Waals surface area contributed by atoms with Gasteiger partial charge in [-0.05, 0) is 29.5 Å². The molecule has 0 aliphatic carbocycles. The molecule has 1 aromatic carbocycles. The van der Waals surface area contributed by atoms with Crippen LogP contribution >= 0.6 is 0 Å². The molecule has 0 atom stereocenters. The van der Waals surface area contributed by atoms with Gasteiger partial charge in [0.25, 0.3) is 5.91 Å². The predicted molar refractivity (Wildman–Crippen MR) is 92.4 cm³/mol. The Labute approximate surface area is 139 Å². The maximum Gasteiger partial charge on any atom is 0.253 e. The largest absolute Gasteiger partial charge is 0.339 e. The second-order valence-electron chi connectivity index (χ2n) is 7.46. The topological polar surface area (TPSA) is 40.6 Å². The van der Waals surface area contributed by atoms with Crippen molar-refractivity contribution in [1.82, 2.24) is 9.80 Å². The monoisotopic (exact) mass is 316 g/mol. The second-order valence-corrected chi connectivity index (χ2v) is 7.46. The molecule has 4 heteroatoms. The van der Waals surface area contributed by atoms with Crippen molar-refractivity contribution >= 4 is 11.8 Å². The van der Waals surface area contributed by atoms with Gasteiger partial charge in [0.2, 0.25) is 5.91 Å². The normalized spacial score (nSPS) is 15.7. The van der Waals surface area contributed by atoms with Crippen LogP contribution in [0.5, 0.6) is 0 Å². The summed E-state index contributed by atoms with van der Waals surface area (Å²) in [4.78, 5) is 28.5. The summed E-state index contributed by atoms with van der Waals surface area (Å²) >= 11 is 0. The molecule has 1 aliphatic rings. The van der Waals surface area contributed by atoms with Crippen LogP contribution in [0.25, 0.3) is 0 Å². The summed E-state index contributed by atoms with van der Waals surface area (Å²) in [6, 6.07) is 7.82. The molecule has 1 fully saturated rings. The first-order valence-electron chi connectivity index (χ1n) is 8.46. The summed E-state index contributed by atoms with van der Waals surface area (Å²) in [7, 11) is 0. The minimum absolute atomic E-state index is 0.00502. The number of carbonyl (C=O) groups is 2. The van der Waals surface area contributed by atoms with Crippen molar-refractivity contribution in [2.24, 2.45) is 5.41 Å². The van der Waals surface area contributed by atoms with Gasteiger partial charge in [-0.15, -0.1) is 0 Å². The minimum atomic E-state index is 0.00502. The Morgan fingerprint density at radius 3 is 1.96 bits per heavy atom. The van der Waals surface area contributed by atoms with Gasteiger partial charge < -0.3 is 9.80 Å². The number of benzene rings is 1. The van der Waals surface area contributed by atoms with Crippen molar-refractivity contribution in [3.05, 3.63) is 35.4 Å². The lowest BCUT2D eigenvalue weighted by molar-refractivity contribution is -0.134. The molecular weight excluding hydrogens is 288 g/mol. The Hall–Kier alpha value is -1.84. The molecule has 2 amide bonds. The molecular formula is C19H28N2O2. The molecule has 0 aromatic heterocycles. The molecule has 1 heterocycles. The summed E-state index contributed by atoms with van der Waals surface area (Å²) < 4.78 is 0. The van der Waals surface area contributed by atoms with Crippen molar-refractivity contribution < 1.29 is 9.59 Å². The zero-order valence-electron chi connectivity index (χ0n) is 14.8. The highest BCUT2D eigenvalue weighted by molar-refractivity contribution is 5.94. The van der Waals surface area contributed by atoms with E-state index in [1.54, 1.807) is 0 Å². The number of aryl methyl sites for hydroxylation is 1. The molecule has 0 saturated carbocycles. The second kappa shape index (κ2) is 7.16. The fraction of sp³-hybridized carbons (Fsp3) is 0.579. The number of hydrogen-bond acceptors (Lipinski definition) is 2. The molecule has 1 saturated heterocycles. The number of hydrogen-bond donors (Lipinski definition) is 0. The van der Waals surface area contributed by atoms with Crippen LogP contribution in [0.1, 0.15) is 50.0 Å². The number of nitrogens with zero attached hydrogens (tertiary/aromatic N) is 2. The van der Waals surface area contributed by atoms with Crippen molar-refractivity contribution in [3.8, 4) is 0 Å². The Balaban J connectivity index is 1.90. The van der Waals surface area contributed by atoms with Crippen LogP contribution < -0.4 is 0 Å². The Bertz CT molecular complexity index is 550. The number of amides is 2. The fourth-order valence-electron chi connectivity index (χ4n) is 2.79. The summed E-state index contributed by atoms with van der Waals surface area (Å²) in [6.07, 6.45) is 1.53. The fourth-order valence-corrected chi connectivity index (χ4v) is 2.79. The lowest BCUT2D eigenvalue weighted by Crippen LogP contribution is -2.51. The highest BCUT2D eigenvalue weighted by Crippen LogP contribution is 2.20. The molecule has 23 heavy (non-hydrogen) atoms. The van der Waals surface area contributed by atoms with Crippen molar-refractivity contribution in [2.75, 3.05) is 26.2 Å². The van der Waals surface area contributed by atoms with Gasteiger partial charge in [0, 0.05) is 38.2 Å². The molecule has 126 valence electrons. The zero-order chi connectivity index (χ0) is 17.0. The van der Waals surface area contributed by atoms with E-state index in [0.717, 1.165) is 12.0 Å². The third kappa shape index (κ3) is 4.81. The van der Waals surface area contributed by atoms with Crippen LogP contribution in [-0.4, -0.2) is 47.8 Å². The van der Waals surface area contributed by atoms with E-state index < -0.39 is 0 Å². The van der Waals surface area contributed by atoms with E-state index in [-0.39, 0.29) is 17.2 Å². The quantitative estimate of drug-likeness (QED) is 0.860. The van der Waals surface area contributed by atoms with E-state index in [4.69, 9.17) is 0 Å². The van der Waals surface area contributed by atoms with Crippen LogP contribution in [0.15, 0.2) is 24.3 Å². The number of piperazine rings is 1. The van der Waals surface area contributed by atoms with Gasteiger partial charge >= 0.3 is 0 Å². The first kappa shape index (κ1) is 17.5. The number of carbonyl (C=O) groups excluding carboxylic acids is 2. The molecule has 0 bridgehead atoms. The van der Waals surface area contributed by atoms with E-state index in [0.29, 0.717) is 32.6 Å². The van der Waals surface area contributed by atoms with Crippen LogP contribution in [-0.2, 0) is 11.2 Å². The first-order chi connectivity index (χ1) is 10.8. The van der Waals surface area contributed by atoms with E-state index in [2.05, 4.69) is 27.7 Å². The Kier molecular flexibility index (Phi) is 5.45. The lowest BCUT2D eigenvalue weighted by Gasteiger charge is -2.36. The number of rotatable bonds is 3. The maximum absolute atomic E-state index is 12.5. The van der Waals surface area contributed by atoms with Gasteiger partial charge in [-0.2, -0.15) is 0 Å². The summed E-state index contributed by atoms with van der Waals surface area (Å²) in [6.45, 7) is 10.8. The van der Waals surface area contributed by atoms with E-state index in [1.807, 2.05) is 34.1 Å². The molecule has 2 rings (SSSR count). The highest BCUT2D eigenvalue weighted by atomic mass is 16.2. The predicted octanol–water partition coefficient (Wildman–Crippen LogP) is 2.97. The summed E-state index contributed by atoms with van der Waals surface area (Å²) in [5.74, 6) is 0.257. The van der Waals surface area contributed by atoms with E-state index in [9.17, 15) is 9.59 Å². The van der Waals surface area contributed by atoms with Gasteiger partial charge in [-0.3, -0.25) is 9.59 Å². The maximum atomic E-state index is 12.5.